The van der Waals surface area contributed by atoms with Crippen molar-refractivity contribution in [3.8, 4) is 0 Å². The largest absolute Gasteiger partial charge is 0.476 e. The SMILES string of the molecule is NC1CCCN(C(=O)NCCn2cnc(C(=O)O)c2)C1. The van der Waals surface area contributed by atoms with E-state index in [2.05, 4.69) is 10.3 Å². The molecule has 1 aromatic heterocycles. The van der Waals surface area contributed by atoms with E-state index < -0.39 is 5.97 Å². The molecule has 4 N–H and O–H groups in total. The monoisotopic (exact) mass is 281 g/mol. The third-order valence-corrected chi connectivity index (χ3v) is 3.24. The Morgan fingerprint density at radius 1 is 1.55 bits per heavy atom. The lowest BCUT2D eigenvalue weighted by Crippen LogP contribution is -2.49. The van der Waals surface area contributed by atoms with Crippen molar-refractivity contribution in [3.63, 3.8) is 0 Å². The first kappa shape index (κ1) is 14.3. The molecule has 0 aromatic carbocycles. The summed E-state index contributed by atoms with van der Waals surface area (Å²) in [5, 5.41) is 11.5. The van der Waals surface area contributed by atoms with E-state index in [4.69, 9.17) is 10.8 Å². The zero-order chi connectivity index (χ0) is 14.5. The molecular weight excluding hydrogens is 262 g/mol. The summed E-state index contributed by atoms with van der Waals surface area (Å²) < 4.78 is 1.63. The molecule has 0 bridgehead atoms. The Kier molecular flexibility index (Phi) is 4.57. The van der Waals surface area contributed by atoms with Crippen molar-refractivity contribution in [2.24, 2.45) is 5.73 Å². The normalized spacial score (nSPS) is 18.9. The van der Waals surface area contributed by atoms with Gasteiger partial charge in [-0.3, -0.25) is 0 Å². The molecule has 8 nitrogen and oxygen atoms in total. The van der Waals surface area contributed by atoms with Crippen LogP contribution in [0.3, 0.4) is 0 Å². The van der Waals surface area contributed by atoms with Crippen molar-refractivity contribution < 1.29 is 14.7 Å². The summed E-state index contributed by atoms with van der Waals surface area (Å²) in [7, 11) is 0. The number of aromatic nitrogens is 2. The number of nitrogens with two attached hydrogens (primary N) is 1. The fourth-order valence-electron chi connectivity index (χ4n) is 2.19. The summed E-state index contributed by atoms with van der Waals surface area (Å²) in [6, 6.07) is -0.0694. The number of likely N-dealkylation sites (tertiary alicyclic amines) is 1. The van der Waals surface area contributed by atoms with Crippen LogP contribution in [0.25, 0.3) is 0 Å². The lowest BCUT2D eigenvalue weighted by Gasteiger charge is -2.30. The van der Waals surface area contributed by atoms with E-state index in [1.54, 1.807) is 9.47 Å². The van der Waals surface area contributed by atoms with Crippen LogP contribution in [0.1, 0.15) is 23.3 Å². The predicted molar refractivity (Wildman–Crippen MR) is 71.4 cm³/mol. The summed E-state index contributed by atoms with van der Waals surface area (Å²) in [6.45, 7) is 2.21. The fourth-order valence-corrected chi connectivity index (χ4v) is 2.19. The Labute approximate surface area is 116 Å². The summed E-state index contributed by atoms with van der Waals surface area (Å²) in [6.07, 6.45) is 4.76. The molecule has 2 heterocycles. The lowest BCUT2D eigenvalue weighted by atomic mass is 10.1. The molecule has 0 radical (unpaired) electrons. The van der Waals surface area contributed by atoms with Crippen LogP contribution in [0.2, 0.25) is 0 Å². The summed E-state index contributed by atoms with van der Waals surface area (Å²) in [4.78, 5) is 28.0. The molecule has 20 heavy (non-hydrogen) atoms. The third-order valence-electron chi connectivity index (χ3n) is 3.24. The second-order valence-electron chi connectivity index (χ2n) is 4.88. The Morgan fingerprint density at radius 2 is 2.35 bits per heavy atom. The van der Waals surface area contributed by atoms with Crippen molar-refractivity contribution in [2.45, 2.75) is 25.4 Å². The predicted octanol–water partition coefficient (Wildman–Crippen LogP) is -0.286. The maximum absolute atomic E-state index is 11.9. The second-order valence-corrected chi connectivity index (χ2v) is 4.88. The van der Waals surface area contributed by atoms with Crippen molar-refractivity contribution in [1.29, 1.82) is 0 Å². The molecule has 0 spiro atoms. The van der Waals surface area contributed by atoms with Crippen LogP contribution >= 0.6 is 0 Å². The van der Waals surface area contributed by atoms with E-state index in [1.165, 1.54) is 12.5 Å². The molecule has 1 aromatic rings. The van der Waals surface area contributed by atoms with E-state index in [1.807, 2.05) is 0 Å². The molecule has 0 aliphatic carbocycles. The van der Waals surface area contributed by atoms with Crippen LogP contribution in [0, 0.1) is 0 Å². The molecule has 1 aliphatic heterocycles. The van der Waals surface area contributed by atoms with E-state index in [0.29, 0.717) is 19.6 Å². The Balaban J connectivity index is 1.74. The molecule has 8 heteroatoms. The Morgan fingerprint density at radius 3 is 3.00 bits per heavy atom. The number of carboxylic acid groups (broad SMARTS) is 1. The molecule has 110 valence electrons. The topological polar surface area (TPSA) is 113 Å². The minimum absolute atomic E-state index is 0.00155. The van der Waals surface area contributed by atoms with Crippen LogP contribution in [0.5, 0.6) is 0 Å². The van der Waals surface area contributed by atoms with E-state index >= 15 is 0 Å². The molecule has 2 rings (SSSR count). The van der Waals surface area contributed by atoms with Crippen molar-refractivity contribution in [2.75, 3.05) is 19.6 Å². The zero-order valence-corrected chi connectivity index (χ0v) is 11.2. The molecule has 1 fully saturated rings. The van der Waals surface area contributed by atoms with Gasteiger partial charge in [0.2, 0.25) is 0 Å². The number of hydrogen-bond acceptors (Lipinski definition) is 4. The van der Waals surface area contributed by atoms with Crippen molar-refractivity contribution >= 4 is 12.0 Å². The molecule has 1 saturated heterocycles. The van der Waals surface area contributed by atoms with Gasteiger partial charge in [-0.15, -0.1) is 0 Å². The van der Waals surface area contributed by atoms with Gasteiger partial charge in [-0.25, -0.2) is 14.6 Å². The van der Waals surface area contributed by atoms with Crippen LogP contribution in [-0.2, 0) is 6.54 Å². The van der Waals surface area contributed by atoms with Crippen molar-refractivity contribution in [3.05, 3.63) is 18.2 Å². The number of carbonyl (C=O) groups is 2. The summed E-state index contributed by atoms with van der Waals surface area (Å²) in [5.41, 5.74) is 5.82. The summed E-state index contributed by atoms with van der Waals surface area (Å²) in [5.74, 6) is -1.06. The number of urea groups is 1. The van der Waals surface area contributed by atoms with Gasteiger partial charge in [0.1, 0.15) is 0 Å². The molecule has 1 atom stereocenters. The van der Waals surface area contributed by atoms with E-state index in [-0.39, 0.29) is 17.8 Å². The first-order valence-electron chi connectivity index (χ1n) is 6.59. The maximum Gasteiger partial charge on any atom is 0.356 e. The molecule has 0 saturated carbocycles. The lowest BCUT2D eigenvalue weighted by molar-refractivity contribution is 0.0691. The highest BCUT2D eigenvalue weighted by Gasteiger charge is 2.20. The molecule has 1 unspecified atom stereocenters. The number of nitrogens with zero attached hydrogens (tertiary/aromatic N) is 3. The number of nitrogens with one attached hydrogen (secondary N) is 1. The number of aromatic carboxylic acids is 1. The maximum atomic E-state index is 11.9. The van der Waals surface area contributed by atoms with Crippen molar-refractivity contribution in [1.82, 2.24) is 19.8 Å². The van der Waals surface area contributed by atoms with Gasteiger partial charge >= 0.3 is 12.0 Å². The highest BCUT2D eigenvalue weighted by atomic mass is 16.4. The zero-order valence-electron chi connectivity index (χ0n) is 11.2. The number of carboxylic acids is 1. The van der Waals surface area contributed by atoms with Gasteiger partial charge in [0.25, 0.3) is 0 Å². The van der Waals surface area contributed by atoms with Gasteiger partial charge in [-0.2, -0.15) is 0 Å². The quantitative estimate of drug-likeness (QED) is 0.702. The standard InChI is InChI=1S/C12H19N5O3/c13-9-2-1-4-17(6-9)12(20)14-3-5-16-7-10(11(18)19)15-8-16/h7-9H,1-6,13H2,(H,14,20)(H,18,19). The Bertz CT molecular complexity index is 487. The van der Waals surface area contributed by atoms with Gasteiger partial charge in [-0.05, 0) is 12.8 Å². The first-order valence-corrected chi connectivity index (χ1v) is 6.59. The highest BCUT2D eigenvalue weighted by molar-refractivity contribution is 5.84. The number of rotatable bonds is 4. The average Bonchev–Trinajstić information content (AvgIpc) is 2.87. The number of piperidine rings is 1. The minimum atomic E-state index is -1.06. The fraction of sp³-hybridized carbons (Fsp3) is 0.583. The first-order chi connectivity index (χ1) is 9.56. The number of carbonyl (C=O) groups excluding carboxylic acids is 1. The van der Waals surface area contributed by atoms with E-state index in [0.717, 1.165) is 19.4 Å². The molecule has 2 amide bonds. The molecular formula is C12H19N5O3. The van der Waals surface area contributed by atoms with Gasteiger partial charge in [-0.1, -0.05) is 0 Å². The Hall–Kier alpha value is -2.09. The second kappa shape index (κ2) is 6.38. The number of amides is 2. The van der Waals surface area contributed by atoms with Crippen LogP contribution < -0.4 is 11.1 Å². The number of imidazole rings is 1. The van der Waals surface area contributed by atoms with Crippen LogP contribution in [0.4, 0.5) is 4.79 Å². The highest BCUT2D eigenvalue weighted by Crippen LogP contribution is 2.07. The number of hydrogen-bond donors (Lipinski definition) is 3. The third kappa shape index (κ3) is 3.70. The van der Waals surface area contributed by atoms with Gasteiger partial charge in [0.05, 0.1) is 6.33 Å². The van der Waals surface area contributed by atoms with E-state index in [9.17, 15) is 9.59 Å². The van der Waals surface area contributed by atoms with Gasteiger partial charge in [0.15, 0.2) is 5.69 Å². The average molecular weight is 281 g/mol. The van der Waals surface area contributed by atoms with Crippen LogP contribution in [-0.4, -0.2) is 57.2 Å². The van der Waals surface area contributed by atoms with Gasteiger partial charge in [0, 0.05) is 38.4 Å². The van der Waals surface area contributed by atoms with Crippen LogP contribution in [0.15, 0.2) is 12.5 Å². The molecule has 1 aliphatic rings. The minimum Gasteiger partial charge on any atom is -0.476 e. The van der Waals surface area contributed by atoms with Gasteiger partial charge < -0.3 is 25.6 Å². The smallest absolute Gasteiger partial charge is 0.356 e. The summed E-state index contributed by atoms with van der Waals surface area (Å²) >= 11 is 0.